The smallest absolute Gasteiger partial charge is 0.0279 e. The van der Waals surface area contributed by atoms with Crippen molar-refractivity contribution in [2.45, 2.75) is 58.3 Å². The lowest BCUT2D eigenvalue weighted by Gasteiger charge is -2.03. The van der Waals surface area contributed by atoms with Gasteiger partial charge in [-0.1, -0.05) is 63.1 Å². The normalized spacial score (nSPS) is 10.4. The molecule has 0 fully saturated rings. The molecule has 17 heavy (non-hydrogen) atoms. The second-order valence-corrected chi connectivity index (χ2v) is 4.76. The van der Waals surface area contributed by atoms with E-state index in [1.807, 2.05) is 0 Å². The van der Waals surface area contributed by atoms with E-state index >= 15 is 0 Å². The van der Waals surface area contributed by atoms with Crippen LogP contribution in [0.2, 0.25) is 0 Å². The fourth-order valence-electron chi connectivity index (χ4n) is 2.11. The molecule has 93 valence electrons. The van der Waals surface area contributed by atoms with Crippen LogP contribution in [0.5, 0.6) is 0 Å². The summed E-state index contributed by atoms with van der Waals surface area (Å²) < 4.78 is 0. The fourth-order valence-corrected chi connectivity index (χ4v) is 2.11. The van der Waals surface area contributed by atoms with Crippen LogP contribution < -0.4 is 0 Å². The SMILES string of the molecule is [CH]=CCCCCCCc1ccc(CCC)cc1. The van der Waals surface area contributed by atoms with E-state index in [9.17, 15) is 0 Å². The molecule has 0 aliphatic rings. The van der Waals surface area contributed by atoms with Gasteiger partial charge in [0, 0.05) is 0 Å². The van der Waals surface area contributed by atoms with Crippen molar-refractivity contribution in [1.29, 1.82) is 0 Å². The molecular formula is C17H25. The highest BCUT2D eigenvalue weighted by Gasteiger charge is 1.95. The Hall–Kier alpha value is -1.04. The number of unbranched alkanes of at least 4 members (excludes halogenated alkanes) is 4. The van der Waals surface area contributed by atoms with Crippen LogP contribution in [0.4, 0.5) is 0 Å². The first-order valence-electron chi connectivity index (χ1n) is 6.98. The summed E-state index contributed by atoms with van der Waals surface area (Å²) in [6.07, 6.45) is 11.7. The van der Waals surface area contributed by atoms with Gasteiger partial charge in [-0.15, -0.1) is 0 Å². The number of rotatable bonds is 9. The minimum absolute atomic E-state index is 1.06. The lowest BCUT2D eigenvalue weighted by Crippen LogP contribution is -1.88. The molecule has 0 spiro atoms. The van der Waals surface area contributed by atoms with Gasteiger partial charge in [0.05, 0.1) is 0 Å². The molecule has 1 rings (SSSR count). The highest BCUT2D eigenvalue weighted by molar-refractivity contribution is 5.22. The largest absolute Gasteiger partial charge is 0.0845 e. The molecule has 0 heterocycles. The summed E-state index contributed by atoms with van der Waals surface area (Å²) in [5, 5.41) is 0. The van der Waals surface area contributed by atoms with Crippen molar-refractivity contribution in [3.05, 3.63) is 48.0 Å². The van der Waals surface area contributed by atoms with E-state index in [-0.39, 0.29) is 0 Å². The summed E-state index contributed by atoms with van der Waals surface area (Å²) in [4.78, 5) is 0. The van der Waals surface area contributed by atoms with Gasteiger partial charge < -0.3 is 0 Å². The Bertz CT molecular complexity index is 294. The van der Waals surface area contributed by atoms with Crippen LogP contribution in [0, 0.1) is 6.58 Å². The van der Waals surface area contributed by atoms with Crippen molar-refractivity contribution in [3.63, 3.8) is 0 Å². The van der Waals surface area contributed by atoms with Crippen LogP contribution in [-0.2, 0) is 12.8 Å². The zero-order valence-corrected chi connectivity index (χ0v) is 11.1. The van der Waals surface area contributed by atoms with Gasteiger partial charge in [-0.2, -0.15) is 0 Å². The third-order valence-electron chi connectivity index (χ3n) is 3.15. The summed E-state index contributed by atoms with van der Waals surface area (Å²) in [5.41, 5.74) is 2.95. The summed E-state index contributed by atoms with van der Waals surface area (Å²) in [6.45, 7) is 7.58. The lowest BCUT2D eigenvalue weighted by molar-refractivity contribution is 0.646. The molecule has 0 amide bonds. The second-order valence-electron chi connectivity index (χ2n) is 4.76. The van der Waals surface area contributed by atoms with Crippen LogP contribution in [0.15, 0.2) is 30.3 Å². The molecule has 0 heteroatoms. The minimum Gasteiger partial charge on any atom is -0.0845 e. The molecule has 1 aromatic carbocycles. The number of benzene rings is 1. The third-order valence-corrected chi connectivity index (χ3v) is 3.15. The number of hydrogen-bond acceptors (Lipinski definition) is 0. The van der Waals surface area contributed by atoms with Crippen LogP contribution in [0.3, 0.4) is 0 Å². The summed E-state index contributed by atoms with van der Waals surface area (Å²) in [5.74, 6) is 0. The monoisotopic (exact) mass is 229 g/mol. The van der Waals surface area contributed by atoms with E-state index < -0.39 is 0 Å². The van der Waals surface area contributed by atoms with E-state index in [0.717, 1.165) is 6.42 Å². The van der Waals surface area contributed by atoms with Crippen molar-refractivity contribution in [2.75, 3.05) is 0 Å². The molecule has 1 aromatic rings. The fraction of sp³-hybridized carbons (Fsp3) is 0.529. The number of allylic oxidation sites excluding steroid dienone is 1. The highest BCUT2D eigenvalue weighted by atomic mass is 14.0. The van der Waals surface area contributed by atoms with E-state index in [2.05, 4.69) is 31.2 Å². The maximum absolute atomic E-state index is 5.35. The van der Waals surface area contributed by atoms with Gasteiger partial charge in [-0.3, -0.25) is 0 Å². The van der Waals surface area contributed by atoms with E-state index in [1.54, 1.807) is 6.08 Å². The lowest BCUT2D eigenvalue weighted by atomic mass is 10.0. The van der Waals surface area contributed by atoms with Crippen molar-refractivity contribution in [3.8, 4) is 0 Å². The van der Waals surface area contributed by atoms with E-state index in [4.69, 9.17) is 6.58 Å². The van der Waals surface area contributed by atoms with Crippen molar-refractivity contribution >= 4 is 0 Å². The van der Waals surface area contributed by atoms with Gasteiger partial charge >= 0.3 is 0 Å². The zero-order valence-electron chi connectivity index (χ0n) is 11.1. The maximum Gasteiger partial charge on any atom is -0.0279 e. The number of hydrogen-bond donors (Lipinski definition) is 0. The first kappa shape index (κ1) is 14.0. The zero-order chi connectivity index (χ0) is 12.3. The summed E-state index contributed by atoms with van der Waals surface area (Å²) in [6, 6.07) is 9.14. The van der Waals surface area contributed by atoms with Gasteiger partial charge in [-0.05, 0) is 43.2 Å². The van der Waals surface area contributed by atoms with Gasteiger partial charge in [0.25, 0.3) is 0 Å². The van der Waals surface area contributed by atoms with Crippen molar-refractivity contribution in [1.82, 2.24) is 0 Å². The Kier molecular flexibility index (Phi) is 7.46. The second kappa shape index (κ2) is 9.04. The van der Waals surface area contributed by atoms with Gasteiger partial charge in [0.2, 0.25) is 0 Å². The standard InChI is InChI=1S/C17H25/c1-3-5-6-7-8-9-11-17-14-12-16(10-4-2)13-15-17/h1,3,12-15H,4-11H2,2H3. The quantitative estimate of drug-likeness (QED) is 0.515. The van der Waals surface area contributed by atoms with Crippen LogP contribution in [0.1, 0.15) is 56.6 Å². The topological polar surface area (TPSA) is 0 Å². The molecule has 0 nitrogen and oxygen atoms in total. The Morgan fingerprint density at radius 3 is 2.06 bits per heavy atom. The summed E-state index contributed by atoms with van der Waals surface area (Å²) >= 11 is 0. The molecule has 0 saturated heterocycles. The molecule has 0 aliphatic heterocycles. The molecule has 0 aromatic heterocycles. The molecule has 0 N–H and O–H groups in total. The van der Waals surface area contributed by atoms with E-state index in [0.29, 0.717) is 0 Å². The Morgan fingerprint density at radius 1 is 0.882 bits per heavy atom. The van der Waals surface area contributed by atoms with E-state index in [1.165, 1.54) is 56.1 Å². The van der Waals surface area contributed by atoms with Crippen molar-refractivity contribution < 1.29 is 0 Å². The maximum atomic E-state index is 5.35. The third kappa shape index (κ3) is 6.31. The van der Waals surface area contributed by atoms with Crippen LogP contribution >= 0.6 is 0 Å². The van der Waals surface area contributed by atoms with Crippen LogP contribution in [-0.4, -0.2) is 0 Å². The van der Waals surface area contributed by atoms with Gasteiger partial charge in [-0.25, -0.2) is 0 Å². The van der Waals surface area contributed by atoms with Gasteiger partial charge in [0.15, 0.2) is 0 Å². The predicted octanol–water partition coefficient (Wildman–Crippen LogP) is 5.12. The molecular weight excluding hydrogens is 204 g/mol. The Morgan fingerprint density at radius 2 is 1.47 bits per heavy atom. The average Bonchev–Trinajstić information content (AvgIpc) is 2.36. The van der Waals surface area contributed by atoms with Crippen molar-refractivity contribution in [2.24, 2.45) is 0 Å². The molecule has 0 bridgehead atoms. The predicted molar refractivity (Wildman–Crippen MR) is 76.1 cm³/mol. The molecule has 0 aliphatic carbocycles. The molecule has 1 radical (unpaired) electrons. The Labute approximate surface area is 107 Å². The minimum atomic E-state index is 1.06. The molecule has 0 unspecified atom stereocenters. The average molecular weight is 229 g/mol. The number of aryl methyl sites for hydroxylation is 2. The Balaban J connectivity index is 2.16. The highest BCUT2D eigenvalue weighted by Crippen LogP contribution is 2.11. The van der Waals surface area contributed by atoms with Crippen LogP contribution in [0.25, 0.3) is 0 Å². The first-order valence-corrected chi connectivity index (χ1v) is 6.98. The first-order chi connectivity index (χ1) is 8.36. The van der Waals surface area contributed by atoms with Gasteiger partial charge in [0.1, 0.15) is 0 Å². The summed E-state index contributed by atoms with van der Waals surface area (Å²) in [7, 11) is 0. The molecule has 0 saturated carbocycles. The molecule has 0 atom stereocenters.